The third-order valence-electron chi connectivity index (χ3n) is 3.01. The summed E-state index contributed by atoms with van der Waals surface area (Å²) in [6, 6.07) is 7.27. The van der Waals surface area contributed by atoms with Gasteiger partial charge in [-0.15, -0.1) is 11.3 Å². The van der Waals surface area contributed by atoms with Crippen molar-refractivity contribution in [2.45, 2.75) is 0 Å². The fourth-order valence-electron chi connectivity index (χ4n) is 1.94. The first kappa shape index (κ1) is 16.2. The predicted molar refractivity (Wildman–Crippen MR) is 98.0 cm³/mol. The van der Waals surface area contributed by atoms with Crippen LogP contribution < -0.4 is 4.80 Å². The van der Waals surface area contributed by atoms with E-state index in [0.717, 1.165) is 21.8 Å². The minimum absolute atomic E-state index is 0.158. The van der Waals surface area contributed by atoms with E-state index in [-0.39, 0.29) is 5.75 Å². The lowest BCUT2D eigenvalue weighted by Crippen LogP contribution is -2.11. The molecule has 5 nitrogen and oxygen atoms in total. The fraction of sp³-hybridized carbons (Fsp3) is 0.0667. The molecule has 0 saturated heterocycles. The number of rotatable bonds is 3. The molecule has 23 heavy (non-hydrogen) atoms. The van der Waals surface area contributed by atoms with Crippen molar-refractivity contribution in [2.24, 2.45) is 10.1 Å². The van der Waals surface area contributed by atoms with E-state index < -0.39 is 0 Å². The molecule has 0 aliphatic carbocycles. The maximum absolute atomic E-state index is 9.77. The molecule has 0 aliphatic heterocycles. The molecule has 0 unspecified atom stereocenters. The van der Waals surface area contributed by atoms with E-state index in [9.17, 15) is 5.11 Å². The highest BCUT2D eigenvalue weighted by Gasteiger charge is 2.10. The zero-order valence-electron chi connectivity index (χ0n) is 11.9. The first-order chi connectivity index (χ1) is 11.1. The molecule has 0 aliphatic rings. The van der Waals surface area contributed by atoms with Gasteiger partial charge in [0.2, 0.25) is 4.80 Å². The second-order valence-corrected chi connectivity index (χ2v) is 7.04. The Balaban J connectivity index is 2.05. The van der Waals surface area contributed by atoms with Gasteiger partial charge in [0, 0.05) is 12.4 Å². The lowest BCUT2D eigenvalue weighted by molar-refractivity contribution is 0.468. The Labute approximate surface area is 152 Å². The molecule has 0 radical (unpaired) electrons. The van der Waals surface area contributed by atoms with Crippen molar-refractivity contribution in [2.75, 3.05) is 7.05 Å². The van der Waals surface area contributed by atoms with Crippen LogP contribution >= 0.6 is 43.2 Å². The summed E-state index contributed by atoms with van der Waals surface area (Å²) in [6.07, 6.45) is 3.32. The van der Waals surface area contributed by atoms with Gasteiger partial charge in [0.25, 0.3) is 0 Å². The maximum Gasteiger partial charge on any atom is 0.206 e. The van der Waals surface area contributed by atoms with Crippen molar-refractivity contribution in [1.82, 2.24) is 4.68 Å². The summed E-state index contributed by atoms with van der Waals surface area (Å²) < 4.78 is 8.35. The summed E-state index contributed by atoms with van der Waals surface area (Å²) >= 11 is 8.10. The van der Waals surface area contributed by atoms with Crippen LogP contribution in [0, 0.1) is 0 Å². The lowest BCUT2D eigenvalue weighted by atomic mass is 10.2. The minimum atomic E-state index is 0.158. The van der Waals surface area contributed by atoms with Crippen molar-refractivity contribution in [1.29, 1.82) is 0 Å². The average Bonchev–Trinajstić information content (AvgIpc) is 3.18. The van der Waals surface area contributed by atoms with Crippen LogP contribution in [-0.2, 0) is 0 Å². The molecule has 0 spiro atoms. The number of phenolic OH excluding ortho intramolecular Hbond substituents is 1. The SMILES string of the molecule is CN=c1scc(-c2ccco2)n1N=Cc1cc(Br)c(O)c(Br)c1. The van der Waals surface area contributed by atoms with Gasteiger partial charge >= 0.3 is 0 Å². The highest BCUT2D eigenvalue weighted by atomic mass is 79.9. The van der Waals surface area contributed by atoms with Crippen LogP contribution in [0.25, 0.3) is 11.5 Å². The number of halogens is 2. The van der Waals surface area contributed by atoms with Gasteiger partial charge in [0.1, 0.15) is 11.4 Å². The Morgan fingerprint density at radius 1 is 1.30 bits per heavy atom. The third kappa shape index (κ3) is 3.34. The zero-order valence-corrected chi connectivity index (χ0v) is 15.9. The summed E-state index contributed by atoms with van der Waals surface area (Å²) in [4.78, 5) is 4.98. The second-order valence-electron chi connectivity index (χ2n) is 4.49. The topological polar surface area (TPSA) is 63.0 Å². The third-order valence-corrected chi connectivity index (χ3v) is 5.13. The van der Waals surface area contributed by atoms with Gasteiger partial charge in [-0.25, -0.2) is 4.68 Å². The van der Waals surface area contributed by atoms with Gasteiger partial charge in [-0.05, 0) is 61.7 Å². The van der Waals surface area contributed by atoms with Crippen molar-refractivity contribution in [3.63, 3.8) is 0 Å². The monoisotopic (exact) mass is 455 g/mol. The number of aromatic nitrogens is 1. The van der Waals surface area contributed by atoms with Crippen molar-refractivity contribution in [3.8, 4) is 17.2 Å². The van der Waals surface area contributed by atoms with E-state index >= 15 is 0 Å². The van der Waals surface area contributed by atoms with Crippen LogP contribution in [0.2, 0.25) is 0 Å². The van der Waals surface area contributed by atoms with E-state index in [2.05, 4.69) is 42.0 Å². The van der Waals surface area contributed by atoms with Gasteiger partial charge in [0.15, 0.2) is 5.76 Å². The summed E-state index contributed by atoms with van der Waals surface area (Å²) in [5, 5.41) is 16.2. The van der Waals surface area contributed by atoms with Crippen LogP contribution in [0.15, 0.2) is 59.4 Å². The minimum Gasteiger partial charge on any atom is -0.506 e. The Bertz CT molecular complexity index is 904. The Hall–Kier alpha value is -1.64. The van der Waals surface area contributed by atoms with E-state index in [1.54, 1.807) is 36.3 Å². The van der Waals surface area contributed by atoms with Crippen LogP contribution in [0.4, 0.5) is 0 Å². The molecule has 3 aromatic rings. The fourth-order valence-corrected chi connectivity index (χ4v) is 3.95. The van der Waals surface area contributed by atoms with Crippen molar-refractivity contribution in [3.05, 3.63) is 55.2 Å². The van der Waals surface area contributed by atoms with Crippen molar-refractivity contribution >= 4 is 49.4 Å². The van der Waals surface area contributed by atoms with Crippen LogP contribution in [0.5, 0.6) is 5.75 Å². The second kappa shape index (κ2) is 6.86. The number of hydrogen-bond donors (Lipinski definition) is 1. The molecule has 0 amide bonds. The van der Waals surface area contributed by atoms with Gasteiger partial charge in [-0.2, -0.15) is 5.10 Å². The largest absolute Gasteiger partial charge is 0.506 e. The molecule has 0 atom stereocenters. The lowest BCUT2D eigenvalue weighted by Gasteiger charge is -2.03. The number of nitrogens with zero attached hydrogens (tertiary/aromatic N) is 3. The molecule has 0 saturated carbocycles. The van der Waals surface area contributed by atoms with Crippen LogP contribution in [0.3, 0.4) is 0 Å². The molecule has 1 aromatic carbocycles. The number of aromatic hydroxyl groups is 1. The molecular weight excluding hydrogens is 446 g/mol. The number of hydrogen-bond acceptors (Lipinski definition) is 5. The molecular formula is C15H11Br2N3O2S. The van der Waals surface area contributed by atoms with Crippen LogP contribution in [-0.4, -0.2) is 23.0 Å². The highest BCUT2D eigenvalue weighted by Crippen LogP contribution is 2.32. The highest BCUT2D eigenvalue weighted by molar-refractivity contribution is 9.11. The number of furan rings is 1. The van der Waals surface area contributed by atoms with E-state index in [0.29, 0.717) is 8.95 Å². The summed E-state index contributed by atoms with van der Waals surface area (Å²) in [6.45, 7) is 0. The van der Waals surface area contributed by atoms with Crippen LogP contribution in [0.1, 0.15) is 5.56 Å². The molecule has 8 heteroatoms. The standard InChI is InChI=1S/C15H11Br2N3O2S/c1-18-15-20(12(8-23-15)13-3-2-4-22-13)19-7-9-5-10(16)14(21)11(17)6-9/h2-8,21H,1H3. The average molecular weight is 457 g/mol. The molecule has 0 bridgehead atoms. The number of thiazole rings is 1. The van der Waals surface area contributed by atoms with E-state index in [1.165, 1.54) is 11.3 Å². The number of phenols is 1. The predicted octanol–water partition coefficient (Wildman–Crippen LogP) is 4.45. The first-order valence-electron chi connectivity index (χ1n) is 6.49. The quantitative estimate of drug-likeness (QED) is 0.591. The maximum atomic E-state index is 9.77. The molecule has 118 valence electrons. The van der Waals surface area contributed by atoms with Gasteiger partial charge < -0.3 is 9.52 Å². The Morgan fingerprint density at radius 3 is 2.65 bits per heavy atom. The summed E-state index contributed by atoms with van der Waals surface area (Å²) in [7, 11) is 1.72. The summed E-state index contributed by atoms with van der Waals surface area (Å²) in [5.74, 6) is 0.882. The first-order valence-corrected chi connectivity index (χ1v) is 8.96. The smallest absolute Gasteiger partial charge is 0.206 e. The van der Waals surface area contributed by atoms with Gasteiger partial charge in [-0.3, -0.25) is 4.99 Å². The molecule has 2 aromatic heterocycles. The Morgan fingerprint density at radius 2 is 2.04 bits per heavy atom. The van der Waals surface area contributed by atoms with E-state index in [1.807, 2.05) is 17.5 Å². The molecule has 3 rings (SSSR count). The number of benzene rings is 1. The zero-order chi connectivity index (χ0) is 16.4. The van der Waals surface area contributed by atoms with E-state index in [4.69, 9.17) is 4.42 Å². The molecule has 2 heterocycles. The molecule has 0 fully saturated rings. The van der Waals surface area contributed by atoms with Gasteiger partial charge in [0.05, 0.1) is 21.4 Å². The van der Waals surface area contributed by atoms with Gasteiger partial charge in [-0.1, -0.05) is 0 Å². The van der Waals surface area contributed by atoms with Crippen molar-refractivity contribution < 1.29 is 9.52 Å². The normalized spacial score (nSPS) is 12.4. The Kier molecular flexibility index (Phi) is 4.84. The summed E-state index contributed by atoms with van der Waals surface area (Å²) in [5.41, 5.74) is 1.65. The molecule has 1 N–H and O–H groups in total.